The zero-order valence-electron chi connectivity index (χ0n) is 15.2. The van der Waals surface area contributed by atoms with Gasteiger partial charge in [0.25, 0.3) is 5.91 Å². The number of nitrogens with zero attached hydrogens (tertiary/aromatic N) is 1. The molecule has 0 bridgehead atoms. The predicted molar refractivity (Wildman–Crippen MR) is 114 cm³/mol. The summed E-state index contributed by atoms with van der Waals surface area (Å²) in [6.07, 6.45) is 0. The summed E-state index contributed by atoms with van der Waals surface area (Å²) in [6, 6.07) is 12.6. The van der Waals surface area contributed by atoms with E-state index in [1.807, 2.05) is 25.1 Å². The molecule has 2 aromatic carbocycles. The molecule has 0 saturated heterocycles. The molecule has 0 aliphatic carbocycles. The highest BCUT2D eigenvalue weighted by molar-refractivity contribution is 7.17. The van der Waals surface area contributed by atoms with Crippen molar-refractivity contribution >= 4 is 52.0 Å². The average molecular weight is 434 g/mol. The first kappa shape index (κ1) is 20.3. The Bertz CT molecular complexity index is 1050. The van der Waals surface area contributed by atoms with E-state index in [4.69, 9.17) is 23.2 Å². The van der Waals surface area contributed by atoms with E-state index >= 15 is 0 Å². The fourth-order valence-corrected chi connectivity index (χ4v) is 3.96. The lowest BCUT2D eigenvalue weighted by Crippen LogP contribution is -2.32. The molecule has 0 radical (unpaired) electrons. The van der Waals surface area contributed by atoms with Crippen LogP contribution in [0, 0.1) is 13.8 Å². The molecule has 28 heavy (non-hydrogen) atoms. The van der Waals surface area contributed by atoms with Crippen LogP contribution in [0.5, 0.6) is 0 Å². The summed E-state index contributed by atoms with van der Waals surface area (Å²) in [6.45, 7) is 3.49. The van der Waals surface area contributed by atoms with Gasteiger partial charge < -0.3 is 10.6 Å². The lowest BCUT2D eigenvalue weighted by atomic mass is 10.2. The first-order valence-corrected chi connectivity index (χ1v) is 9.98. The van der Waals surface area contributed by atoms with Crippen LogP contribution in [0.25, 0.3) is 10.6 Å². The lowest BCUT2D eigenvalue weighted by Gasteiger charge is -2.08. The molecule has 0 fully saturated rings. The van der Waals surface area contributed by atoms with E-state index in [0.29, 0.717) is 31.3 Å². The second kappa shape index (κ2) is 8.73. The van der Waals surface area contributed by atoms with Crippen LogP contribution in [0.1, 0.15) is 20.9 Å². The van der Waals surface area contributed by atoms with Crippen LogP contribution in [0.3, 0.4) is 0 Å². The number of anilines is 1. The van der Waals surface area contributed by atoms with Crippen LogP contribution in [0.15, 0.2) is 42.5 Å². The van der Waals surface area contributed by atoms with E-state index in [-0.39, 0.29) is 18.4 Å². The second-order valence-corrected chi connectivity index (χ2v) is 8.00. The monoisotopic (exact) mass is 433 g/mol. The van der Waals surface area contributed by atoms with E-state index in [0.717, 1.165) is 11.1 Å². The maximum Gasteiger partial charge on any atom is 0.263 e. The van der Waals surface area contributed by atoms with E-state index in [1.54, 1.807) is 31.2 Å². The second-order valence-electron chi connectivity index (χ2n) is 6.16. The van der Waals surface area contributed by atoms with Gasteiger partial charge in [0.1, 0.15) is 9.88 Å². The molecule has 3 aromatic rings. The molecule has 1 aromatic heterocycles. The number of hydrogen-bond donors (Lipinski definition) is 2. The van der Waals surface area contributed by atoms with Crippen LogP contribution >= 0.6 is 34.5 Å². The van der Waals surface area contributed by atoms with Crippen molar-refractivity contribution in [2.45, 2.75) is 13.8 Å². The number of aryl methyl sites for hydroxylation is 2. The van der Waals surface area contributed by atoms with E-state index in [9.17, 15) is 9.59 Å². The number of rotatable bonds is 5. The first-order valence-electron chi connectivity index (χ1n) is 8.41. The third-order valence-corrected chi connectivity index (χ3v) is 5.64. The molecule has 8 heteroatoms. The Labute approximate surface area is 176 Å². The lowest BCUT2D eigenvalue weighted by molar-refractivity contribution is -0.115. The van der Waals surface area contributed by atoms with Gasteiger partial charge in [0.15, 0.2) is 0 Å². The Morgan fingerprint density at radius 1 is 1.11 bits per heavy atom. The number of thiazole rings is 1. The van der Waals surface area contributed by atoms with Gasteiger partial charge in [-0.2, -0.15) is 0 Å². The Morgan fingerprint density at radius 2 is 1.89 bits per heavy atom. The van der Waals surface area contributed by atoms with Crippen molar-refractivity contribution in [2.24, 2.45) is 0 Å². The van der Waals surface area contributed by atoms with Crippen LogP contribution < -0.4 is 10.6 Å². The number of hydrogen-bond acceptors (Lipinski definition) is 4. The number of nitrogens with one attached hydrogen (secondary N) is 2. The van der Waals surface area contributed by atoms with E-state index in [2.05, 4.69) is 15.6 Å². The van der Waals surface area contributed by atoms with Gasteiger partial charge in [0.05, 0.1) is 22.9 Å². The summed E-state index contributed by atoms with van der Waals surface area (Å²) in [7, 11) is 0. The molecule has 0 aliphatic heterocycles. The van der Waals surface area contributed by atoms with Crippen LogP contribution in [0.4, 0.5) is 5.69 Å². The smallest absolute Gasteiger partial charge is 0.263 e. The quantitative estimate of drug-likeness (QED) is 0.587. The summed E-state index contributed by atoms with van der Waals surface area (Å²) < 4.78 is 0. The minimum absolute atomic E-state index is 0.174. The van der Waals surface area contributed by atoms with Crippen molar-refractivity contribution in [3.05, 3.63) is 68.6 Å². The van der Waals surface area contributed by atoms with Crippen molar-refractivity contribution < 1.29 is 9.59 Å². The van der Waals surface area contributed by atoms with Crippen LogP contribution in [-0.2, 0) is 4.79 Å². The molecule has 2 amide bonds. The van der Waals surface area contributed by atoms with Crippen molar-refractivity contribution in [3.8, 4) is 10.6 Å². The summed E-state index contributed by atoms with van der Waals surface area (Å²) in [5.74, 6) is -0.718. The van der Waals surface area contributed by atoms with Gasteiger partial charge >= 0.3 is 0 Å². The van der Waals surface area contributed by atoms with Crippen molar-refractivity contribution in [2.75, 3.05) is 11.9 Å². The number of carbonyl (C=O) groups excluding carboxylic acids is 2. The fourth-order valence-electron chi connectivity index (χ4n) is 2.51. The minimum Gasteiger partial charge on any atom is -0.342 e. The minimum atomic E-state index is -0.365. The average Bonchev–Trinajstić information content (AvgIpc) is 3.04. The molecule has 144 valence electrons. The van der Waals surface area contributed by atoms with E-state index in [1.165, 1.54) is 11.3 Å². The Hall–Kier alpha value is -2.41. The summed E-state index contributed by atoms with van der Waals surface area (Å²) >= 11 is 13.4. The van der Waals surface area contributed by atoms with Crippen LogP contribution in [-0.4, -0.2) is 23.3 Å². The molecule has 1 heterocycles. The maximum atomic E-state index is 12.5. The molecular formula is C20H17Cl2N3O2S. The highest BCUT2D eigenvalue weighted by Crippen LogP contribution is 2.29. The van der Waals surface area contributed by atoms with Crippen molar-refractivity contribution in [1.82, 2.24) is 10.3 Å². The van der Waals surface area contributed by atoms with E-state index < -0.39 is 0 Å². The number of carbonyl (C=O) groups is 2. The van der Waals surface area contributed by atoms with Gasteiger partial charge in [0, 0.05) is 10.6 Å². The van der Waals surface area contributed by atoms with Gasteiger partial charge in [-0.05, 0) is 43.7 Å². The van der Waals surface area contributed by atoms with Crippen LogP contribution in [0.2, 0.25) is 10.0 Å². The maximum absolute atomic E-state index is 12.5. The topological polar surface area (TPSA) is 71.1 Å². The molecule has 3 rings (SSSR count). The first-order chi connectivity index (χ1) is 13.3. The number of aromatic nitrogens is 1. The van der Waals surface area contributed by atoms with Crippen molar-refractivity contribution in [3.63, 3.8) is 0 Å². The standard InChI is InChI=1S/C20H17Cl2N3O2S/c1-11-6-7-16(15(22)8-11)25-17(26)10-23-19(27)18-12(2)24-20(28-18)13-4-3-5-14(21)9-13/h3-9H,10H2,1-2H3,(H,23,27)(H,25,26). The Morgan fingerprint density at radius 3 is 2.61 bits per heavy atom. The highest BCUT2D eigenvalue weighted by atomic mass is 35.5. The molecule has 5 nitrogen and oxygen atoms in total. The Balaban J connectivity index is 1.64. The molecule has 0 saturated carbocycles. The summed E-state index contributed by atoms with van der Waals surface area (Å²) in [5, 5.41) is 7.04. The third kappa shape index (κ3) is 4.90. The Kier molecular flexibility index (Phi) is 6.34. The fraction of sp³-hybridized carbons (Fsp3) is 0.150. The zero-order chi connectivity index (χ0) is 20.3. The van der Waals surface area contributed by atoms with Gasteiger partial charge in [0.2, 0.25) is 5.91 Å². The predicted octanol–water partition coefficient (Wildman–Crippen LogP) is 5.10. The number of amides is 2. The highest BCUT2D eigenvalue weighted by Gasteiger charge is 2.17. The molecule has 0 unspecified atom stereocenters. The largest absolute Gasteiger partial charge is 0.342 e. The number of halogens is 2. The molecular weight excluding hydrogens is 417 g/mol. The van der Waals surface area contributed by atoms with Gasteiger partial charge in [-0.3, -0.25) is 9.59 Å². The molecule has 0 aliphatic rings. The zero-order valence-corrected chi connectivity index (χ0v) is 17.5. The van der Waals surface area contributed by atoms with Gasteiger partial charge in [-0.25, -0.2) is 4.98 Å². The summed E-state index contributed by atoms with van der Waals surface area (Å²) in [4.78, 5) is 29.5. The molecule has 0 atom stereocenters. The van der Waals surface area contributed by atoms with Gasteiger partial charge in [-0.1, -0.05) is 41.4 Å². The number of benzene rings is 2. The normalized spacial score (nSPS) is 10.6. The molecule has 0 spiro atoms. The van der Waals surface area contributed by atoms with Crippen molar-refractivity contribution in [1.29, 1.82) is 0 Å². The SMILES string of the molecule is Cc1ccc(NC(=O)CNC(=O)c2sc(-c3cccc(Cl)c3)nc2C)c(Cl)c1. The molecule has 2 N–H and O–H groups in total. The third-order valence-electron chi connectivity index (χ3n) is 3.88. The van der Waals surface area contributed by atoms with Gasteiger partial charge in [-0.15, -0.1) is 11.3 Å². The summed E-state index contributed by atoms with van der Waals surface area (Å²) in [5.41, 5.74) is 2.93.